The second-order valence-electron chi connectivity index (χ2n) is 8.55. The van der Waals surface area contributed by atoms with Crippen molar-refractivity contribution < 1.29 is 18.7 Å². The van der Waals surface area contributed by atoms with Crippen molar-refractivity contribution in [3.63, 3.8) is 0 Å². The van der Waals surface area contributed by atoms with E-state index >= 15 is 0 Å². The maximum absolute atomic E-state index is 14.5. The molecule has 1 aliphatic carbocycles. The zero-order valence-electron chi connectivity index (χ0n) is 18.7. The molecule has 1 saturated heterocycles. The first kappa shape index (κ1) is 22.6. The number of nitrogens with one attached hydrogen (secondary N) is 3. The van der Waals surface area contributed by atoms with Gasteiger partial charge in [0.25, 0.3) is 0 Å². The Kier molecular flexibility index (Phi) is 6.14. The van der Waals surface area contributed by atoms with Crippen molar-refractivity contribution in [1.29, 1.82) is 0 Å². The number of fused-ring (bicyclic) bond motifs is 1. The third-order valence-corrected chi connectivity index (χ3v) is 6.81. The largest absolute Gasteiger partial charge is 0.493 e. The van der Waals surface area contributed by atoms with E-state index in [1.807, 2.05) is 0 Å². The first-order chi connectivity index (χ1) is 16.5. The summed E-state index contributed by atoms with van der Waals surface area (Å²) < 4.78 is 26.4. The number of amides is 1. The fourth-order valence-electron chi connectivity index (χ4n) is 4.66. The van der Waals surface area contributed by atoms with E-state index in [4.69, 9.17) is 21.1 Å². The summed E-state index contributed by atoms with van der Waals surface area (Å²) in [6, 6.07) is 8.30. The lowest BCUT2D eigenvalue weighted by Gasteiger charge is -2.42. The van der Waals surface area contributed by atoms with Gasteiger partial charge < -0.3 is 25.4 Å². The van der Waals surface area contributed by atoms with Crippen molar-refractivity contribution in [3.8, 4) is 11.5 Å². The van der Waals surface area contributed by atoms with Crippen molar-refractivity contribution in [2.45, 2.75) is 37.3 Å². The van der Waals surface area contributed by atoms with Crippen LogP contribution in [0.1, 0.15) is 25.7 Å². The molecule has 0 radical (unpaired) electrons. The average molecular weight is 486 g/mol. The van der Waals surface area contributed by atoms with Crippen LogP contribution in [0, 0.1) is 5.82 Å². The third kappa shape index (κ3) is 4.21. The van der Waals surface area contributed by atoms with Gasteiger partial charge in [0.1, 0.15) is 12.1 Å². The minimum absolute atomic E-state index is 0.0188. The Balaban J connectivity index is 1.41. The van der Waals surface area contributed by atoms with Crippen molar-refractivity contribution in [2.24, 2.45) is 0 Å². The van der Waals surface area contributed by atoms with Gasteiger partial charge in [-0.3, -0.25) is 4.79 Å². The highest BCUT2D eigenvalue weighted by molar-refractivity contribution is 6.31. The van der Waals surface area contributed by atoms with Crippen LogP contribution < -0.4 is 25.4 Å². The van der Waals surface area contributed by atoms with E-state index in [2.05, 4.69) is 25.9 Å². The number of nitrogens with zero attached hydrogens (tertiary/aromatic N) is 2. The number of aromatic nitrogens is 2. The third-order valence-electron chi connectivity index (χ3n) is 6.51. The summed E-state index contributed by atoms with van der Waals surface area (Å²) in [7, 11) is 1.57. The van der Waals surface area contributed by atoms with Crippen molar-refractivity contribution in [1.82, 2.24) is 20.6 Å². The van der Waals surface area contributed by atoms with Crippen molar-refractivity contribution in [2.75, 3.05) is 25.5 Å². The molecular formula is C24H25ClFN5O3. The van der Waals surface area contributed by atoms with Gasteiger partial charge in [0, 0.05) is 24.5 Å². The number of ether oxygens (including phenoxy) is 2. The molecular weight excluding hydrogens is 461 g/mol. The van der Waals surface area contributed by atoms with E-state index in [1.165, 1.54) is 12.4 Å². The summed E-state index contributed by atoms with van der Waals surface area (Å²) in [5, 5.41) is 10.0. The maximum atomic E-state index is 14.5. The molecule has 1 spiro atoms. The van der Waals surface area contributed by atoms with Crippen molar-refractivity contribution >= 4 is 39.9 Å². The van der Waals surface area contributed by atoms with Gasteiger partial charge in [0.15, 0.2) is 17.3 Å². The number of anilines is 2. The Morgan fingerprint density at radius 1 is 1.18 bits per heavy atom. The molecule has 2 heterocycles. The molecule has 8 nitrogen and oxygen atoms in total. The molecule has 0 atom stereocenters. The fraction of sp³-hybridized carbons (Fsp3) is 0.375. The van der Waals surface area contributed by atoms with Crippen LogP contribution >= 0.6 is 11.6 Å². The summed E-state index contributed by atoms with van der Waals surface area (Å²) >= 11 is 5.92. The van der Waals surface area contributed by atoms with Gasteiger partial charge in [0.05, 0.1) is 35.0 Å². The van der Waals surface area contributed by atoms with Crippen LogP contribution in [0.5, 0.6) is 11.5 Å². The van der Waals surface area contributed by atoms with Gasteiger partial charge in [-0.1, -0.05) is 17.7 Å². The molecule has 3 aromatic rings. The Morgan fingerprint density at radius 2 is 2.00 bits per heavy atom. The molecule has 1 amide bonds. The predicted octanol–water partition coefficient (Wildman–Crippen LogP) is 3.95. The zero-order valence-corrected chi connectivity index (χ0v) is 19.4. The first-order valence-electron chi connectivity index (χ1n) is 11.2. The molecule has 1 aliphatic heterocycles. The van der Waals surface area contributed by atoms with E-state index in [1.54, 1.807) is 31.4 Å². The van der Waals surface area contributed by atoms with Gasteiger partial charge in [0.2, 0.25) is 5.91 Å². The van der Waals surface area contributed by atoms with Crippen LogP contribution in [0.25, 0.3) is 10.9 Å². The molecule has 10 heteroatoms. The molecule has 2 aromatic carbocycles. The number of methoxy groups -OCH3 is 1. The number of piperazine rings is 1. The number of benzene rings is 2. The highest BCUT2D eigenvalue weighted by atomic mass is 35.5. The highest BCUT2D eigenvalue weighted by Crippen LogP contribution is 2.38. The lowest BCUT2D eigenvalue weighted by Crippen LogP contribution is -2.64. The van der Waals surface area contributed by atoms with Gasteiger partial charge in [-0.25, -0.2) is 14.4 Å². The summed E-state index contributed by atoms with van der Waals surface area (Å²) in [5.41, 5.74) is 0.328. The Hall–Kier alpha value is -3.17. The molecule has 0 unspecified atom stereocenters. The van der Waals surface area contributed by atoms with Crippen LogP contribution in [0.3, 0.4) is 0 Å². The van der Waals surface area contributed by atoms with E-state index in [0.717, 1.165) is 19.4 Å². The molecule has 2 fully saturated rings. The normalized spacial score (nSPS) is 22.4. The first-order valence-corrected chi connectivity index (χ1v) is 11.6. The number of carbonyl (C=O) groups is 1. The molecule has 1 saturated carbocycles. The predicted molar refractivity (Wildman–Crippen MR) is 127 cm³/mol. The molecule has 1 aromatic heterocycles. The lowest BCUT2D eigenvalue weighted by molar-refractivity contribution is -0.131. The van der Waals surface area contributed by atoms with Crippen molar-refractivity contribution in [3.05, 3.63) is 47.5 Å². The zero-order chi connectivity index (χ0) is 23.7. The number of hydrogen-bond donors (Lipinski definition) is 3. The molecule has 0 bridgehead atoms. The topological polar surface area (TPSA) is 97.4 Å². The second kappa shape index (κ2) is 9.23. The Labute approximate surface area is 201 Å². The molecule has 34 heavy (non-hydrogen) atoms. The number of rotatable bonds is 5. The Bertz CT molecular complexity index is 1230. The SMILES string of the molecule is COc1cc2ncnc(Nc3cccc(Cl)c3F)c2cc1O[C@H]1CC[C@@]2(CC1)NCCNC2=O. The maximum Gasteiger partial charge on any atom is 0.240 e. The van der Waals surface area contributed by atoms with Crippen LogP contribution in [0.2, 0.25) is 5.02 Å². The Morgan fingerprint density at radius 3 is 2.76 bits per heavy atom. The summed E-state index contributed by atoms with van der Waals surface area (Å²) in [5.74, 6) is 1.02. The quantitative estimate of drug-likeness (QED) is 0.503. The van der Waals surface area contributed by atoms with Crippen LogP contribution in [0.15, 0.2) is 36.7 Å². The summed E-state index contributed by atoms with van der Waals surface area (Å²) in [4.78, 5) is 21.1. The van der Waals surface area contributed by atoms with E-state index in [-0.39, 0.29) is 22.7 Å². The number of carbonyl (C=O) groups excluding carboxylic acids is 1. The average Bonchev–Trinajstić information content (AvgIpc) is 2.85. The standard InChI is InChI=1S/C24H25ClFN5O3/c1-33-19-12-18-15(22(29-13-28-18)31-17-4-2-3-16(25)21(17)26)11-20(19)34-14-5-7-24(8-6-14)23(32)27-9-10-30-24/h2-4,11-14,30H,5-10H2,1H3,(H,27,32)(H,28,29,31)/t14-,24-. The fourth-order valence-corrected chi connectivity index (χ4v) is 4.83. The van der Waals surface area contributed by atoms with Crippen LogP contribution in [-0.4, -0.2) is 47.7 Å². The smallest absolute Gasteiger partial charge is 0.240 e. The molecule has 3 N–H and O–H groups in total. The molecule has 178 valence electrons. The second-order valence-corrected chi connectivity index (χ2v) is 8.96. The number of hydrogen-bond acceptors (Lipinski definition) is 7. The van der Waals surface area contributed by atoms with Gasteiger partial charge in [-0.15, -0.1) is 0 Å². The monoisotopic (exact) mass is 485 g/mol. The molecule has 2 aliphatic rings. The van der Waals surface area contributed by atoms with Crippen LogP contribution in [0.4, 0.5) is 15.9 Å². The van der Waals surface area contributed by atoms with E-state index in [9.17, 15) is 9.18 Å². The minimum atomic E-state index is -0.558. The van der Waals surface area contributed by atoms with E-state index < -0.39 is 11.4 Å². The molecule has 5 rings (SSSR count). The van der Waals surface area contributed by atoms with Gasteiger partial charge in [-0.05, 0) is 43.9 Å². The summed E-state index contributed by atoms with van der Waals surface area (Å²) in [6.07, 6.45) is 4.18. The highest BCUT2D eigenvalue weighted by Gasteiger charge is 2.43. The van der Waals surface area contributed by atoms with Gasteiger partial charge >= 0.3 is 0 Å². The lowest BCUT2D eigenvalue weighted by atomic mass is 9.78. The van der Waals surface area contributed by atoms with Crippen LogP contribution in [-0.2, 0) is 4.79 Å². The minimum Gasteiger partial charge on any atom is -0.493 e. The van der Waals surface area contributed by atoms with E-state index in [0.29, 0.717) is 47.6 Å². The summed E-state index contributed by atoms with van der Waals surface area (Å²) in [6.45, 7) is 1.44. The van der Waals surface area contributed by atoms with Gasteiger partial charge in [-0.2, -0.15) is 0 Å². The number of halogens is 2.